The molecule has 0 saturated heterocycles. The molecule has 0 aliphatic rings. The zero-order valence-electron chi connectivity index (χ0n) is 6.20. The lowest BCUT2D eigenvalue weighted by Gasteiger charge is -1.93. The van der Waals surface area contributed by atoms with Crippen LogP contribution in [0.4, 0.5) is 0 Å². The van der Waals surface area contributed by atoms with Crippen molar-refractivity contribution in [1.82, 2.24) is 4.98 Å². The first-order chi connectivity index (χ1) is 5.80. The van der Waals surface area contributed by atoms with Gasteiger partial charge in [-0.25, -0.2) is 4.98 Å². The lowest BCUT2D eigenvalue weighted by molar-refractivity contribution is 1.24. The van der Waals surface area contributed by atoms with Crippen LogP contribution in [0.15, 0.2) is 12.1 Å². The van der Waals surface area contributed by atoms with E-state index in [1.54, 1.807) is 0 Å². The number of nitriles is 1. The van der Waals surface area contributed by atoms with Gasteiger partial charge in [0, 0.05) is 0 Å². The molecule has 2 nitrogen and oxygen atoms in total. The quantitative estimate of drug-likeness (QED) is 0.518. The number of rotatable bonds is 0. The van der Waals surface area contributed by atoms with Gasteiger partial charge < -0.3 is 0 Å². The maximum absolute atomic E-state index is 8.56. The summed E-state index contributed by atoms with van der Waals surface area (Å²) < 4.78 is 0. The molecule has 0 spiro atoms. The Morgan fingerprint density at radius 3 is 2.00 bits per heavy atom. The monoisotopic (exact) mass is 152 g/mol. The molecule has 1 aromatic heterocycles. The first-order valence-corrected chi connectivity index (χ1v) is 3.15. The summed E-state index contributed by atoms with van der Waals surface area (Å²) in [5, 5.41) is 8.56. The third kappa shape index (κ3) is 1.43. The molecule has 1 aromatic rings. The van der Waals surface area contributed by atoms with Crippen LogP contribution in [0.2, 0.25) is 0 Å². The molecule has 1 heterocycles. The lowest BCUT2D eigenvalue weighted by atomic mass is 10.2. The van der Waals surface area contributed by atoms with Crippen molar-refractivity contribution in [3.8, 4) is 30.8 Å². The fourth-order valence-corrected chi connectivity index (χ4v) is 0.743. The highest BCUT2D eigenvalue weighted by Gasteiger charge is 1.97. The van der Waals surface area contributed by atoms with E-state index in [1.807, 2.05) is 6.07 Å². The van der Waals surface area contributed by atoms with Gasteiger partial charge in [0.2, 0.25) is 0 Å². The number of nitrogens with zero attached hydrogens (tertiary/aromatic N) is 2. The molecule has 0 N–H and O–H groups in total. The van der Waals surface area contributed by atoms with Crippen LogP contribution in [0.5, 0.6) is 0 Å². The van der Waals surface area contributed by atoms with Crippen molar-refractivity contribution < 1.29 is 0 Å². The van der Waals surface area contributed by atoms with Crippen LogP contribution >= 0.6 is 0 Å². The summed E-state index contributed by atoms with van der Waals surface area (Å²) >= 11 is 0. The molecule has 0 atom stereocenters. The van der Waals surface area contributed by atoms with Gasteiger partial charge >= 0.3 is 0 Å². The summed E-state index contributed by atoms with van der Waals surface area (Å²) in [6.45, 7) is 0. The van der Waals surface area contributed by atoms with Crippen molar-refractivity contribution in [2.24, 2.45) is 0 Å². The molecule has 0 aromatic carbocycles. The van der Waals surface area contributed by atoms with Crippen LogP contribution < -0.4 is 0 Å². The standard InChI is InChI=1S/C10H4N2/c1-3-9-5-8(7-11)6-10(4-2)12-9/h1-2,5-6H. The van der Waals surface area contributed by atoms with Gasteiger partial charge in [0.1, 0.15) is 11.4 Å². The molecule has 0 aliphatic heterocycles. The number of terminal acetylenes is 2. The Bertz CT molecular complexity index is 346. The SMILES string of the molecule is C#Cc1cc(C#N)cc(C#C)n1. The first kappa shape index (κ1) is 7.86. The molecule has 12 heavy (non-hydrogen) atoms. The van der Waals surface area contributed by atoms with Crippen molar-refractivity contribution in [3.63, 3.8) is 0 Å². The van der Waals surface area contributed by atoms with E-state index in [9.17, 15) is 0 Å². The van der Waals surface area contributed by atoms with Gasteiger partial charge in [0.25, 0.3) is 0 Å². The maximum Gasteiger partial charge on any atom is 0.115 e. The predicted molar refractivity (Wildman–Crippen MR) is 44.8 cm³/mol. The first-order valence-electron chi connectivity index (χ1n) is 3.15. The summed E-state index contributed by atoms with van der Waals surface area (Å²) in [5.74, 6) is 4.64. The van der Waals surface area contributed by atoms with Gasteiger partial charge in [-0.2, -0.15) is 5.26 Å². The van der Waals surface area contributed by atoms with Crippen LogP contribution in [0.25, 0.3) is 0 Å². The Hall–Kier alpha value is -2.24. The van der Waals surface area contributed by atoms with E-state index in [0.717, 1.165) is 0 Å². The highest BCUT2D eigenvalue weighted by atomic mass is 14.7. The molecule has 54 valence electrons. The van der Waals surface area contributed by atoms with E-state index in [2.05, 4.69) is 16.8 Å². The van der Waals surface area contributed by atoms with E-state index in [4.69, 9.17) is 18.1 Å². The van der Waals surface area contributed by atoms with Gasteiger partial charge in [-0.1, -0.05) is 11.8 Å². The van der Waals surface area contributed by atoms with Crippen molar-refractivity contribution in [1.29, 1.82) is 5.26 Å². The average molecular weight is 152 g/mol. The lowest BCUT2D eigenvalue weighted by Crippen LogP contribution is -1.89. The Balaban J connectivity index is 3.36. The van der Waals surface area contributed by atoms with Crippen LogP contribution in [-0.4, -0.2) is 4.98 Å². The molecule has 1 rings (SSSR count). The van der Waals surface area contributed by atoms with E-state index in [0.29, 0.717) is 17.0 Å². The molecular weight excluding hydrogens is 148 g/mol. The summed E-state index contributed by atoms with van der Waals surface area (Å²) in [7, 11) is 0. The minimum atomic E-state index is 0.391. The topological polar surface area (TPSA) is 36.7 Å². The second-order valence-electron chi connectivity index (χ2n) is 2.03. The van der Waals surface area contributed by atoms with Crippen molar-refractivity contribution >= 4 is 0 Å². The molecule has 0 fully saturated rings. The zero-order valence-corrected chi connectivity index (χ0v) is 6.20. The molecule has 0 amide bonds. The Labute approximate surface area is 70.9 Å². The summed E-state index contributed by atoms with van der Waals surface area (Å²) in [5.41, 5.74) is 1.22. The smallest absolute Gasteiger partial charge is 0.115 e. The average Bonchev–Trinajstić information content (AvgIpc) is 2.16. The van der Waals surface area contributed by atoms with E-state index in [-0.39, 0.29) is 0 Å². The molecule has 0 unspecified atom stereocenters. The Morgan fingerprint density at radius 2 is 1.67 bits per heavy atom. The summed E-state index contributed by atoms with van der Waals surface area (Å²) in [6, 6.07) is 4.97. The molecule has 0 saturated carbocycles. The second-order valence-corrected chi connectivity index (χ2v) is 2.03. The third-order valence-electron chi connectivity index (χ3n) is 1.25. The zero-order chi connectivity index (χ0) is 8.97. The summed E-state index contributed by atoms with van der Waals surface area (Å²) in [4.78, 5) is 3.90. The maximum atomic E-state index is 8.56. The fourth-order valence-electron chi connectivity index (χ4n) is 0.743. The van der Waals surface area contributed by atoms with Gasteiger partial charge in [-0.3, -0.25) is 0 Å². The van der Waals surface area contributed by atoms with E-state index in [1.165, 1.54) is 12.1 Å². The predicted octanol–water partition coefficient (Wildman–Crippen LogP) is 0.916. The Kier molecular flexibility index (Phi) is 2.12. The molecule has 0 radical (unpaired) electrons. The van der Waals surface area contributed by atoms with Gasteiger partial charge in [-0.15, -0.1) is 12.8 Å². The fraction of sp³-hybridized carbons (Fsp3) is 0. The normalized spacial score (nSPS) is 7.75. The highest BCUT2D eigenvalue weighted by molar-refractivity contribution is 5.41. The summed E-state index contributed by atoms with van der Waals surface area (Å²) in [6.07, 6.45) is 10.2. The van der Waals surface area contributed by atoms with Crippen molar-refractivity contribution in [3.05, 3.63) is 29.1 Å². The number of aromatic nitrogens is 1. The minimum absolute atomic E-state index is 0.391. The second kappa shape index (κ2) is 3.24. The Morgan fingerprint density at radius 1 is 1.17 bits per heavy atom. The van der Waals surface area contributed by atoms with Gasteiger partial charge in [-0.05, 0) is 12.1 Å². The van der Waals surface area contributed by atoms with Crippen LogP contribution in [0, 0.1) is 36.0 Å². The highest BCUT2D eigenvalue weighted by Crippen LogP contribution is 2.02. The van der Waals surface area contributed by atoms with Gasteiger partial charge in [0.15, 0.2) is 0 Å². The van der Waals surface area contributed by atoms with Gasteiger partial charge in [0.05, 0.1) is 11.6 Å². The number of pyridine rings is 1. The molecule has 0 bridgehead atoms. The van der Waals surface area contributed by atoms with Crippen LogP contribution in [-0.2, 0) is 0 Å². The third-order valence-corrected chi connectivity index (χ3v) is 1.25. The molecule has 0 aliphatic carbocycles. The van der Waals surface area contributed by atoms with E-state index >= 15 is 0 Å². The van der Waals surface area contributed by atoms with Crippen LogP contribution in [0.1, 0.15) is 17.0 Å². The number of hydrogen-bond acceptors (Lipinski definition) is 2. The molecular formula is C10H4N2. The minimum Gasteiger partial charge on any atom is -0.231 e. The largest absolute Gasteiger partial charge is 0.231 e. The van der Waals surface area contributed by atoms with Crippen LogP contribution in [0.3, 0.4) is 0 Å². The number of hydrogen-bond donors (Lipinski definition) is 0. The van der Waals surface area contributed by atoms with E-state index < -0.39 is 0 Å². The molecule has 2 heteroatoms. The van der Waals surface area contributed by atoms with Crippen molar-refractivity contribution in [2.45, 2.75) is 0 Å². The van der Waals surface area contributed by atoms with Crippen molar-refractivity contribution in [2.75, 3.05) is 0 Å².